The van der Waals surface area contributed by atoms with Crippen LogP contribution in [-0.2, 0) is 9.53 Å². The summed E-state index contributed by atoms with van der Waals surface area (Å²) in [6, 6.07) is 0.749. The zero-order valence-corrected chi connectivity index (χ0v) is 12.9. The van der Waals surface area contributed by atoms with E-state index in [1.165, 1.54) is 0 Å². The van der Waals surface area contributed by atoms with Crippen molar-refractivity contribution < 1.29 is 14.6 Å². The Balaban J connectivity index is 2.07. The van der Waals surface area contributed by atoms with Gasteiger partial charge in [0.15, 0.2) is 0 Å². The average Bonchev–Trinajstić information content (AvgIpc) is 2.84. The van der Waals surface area contributed by atoms with Gasteiger partial charge in [0.05, 0.1) is 6.10 Å². The van der Waals surface area contributed by atoms with Gasteiger partial charge >= 0.3 is 5.97 Å². The van der Waals surface area contributed by atoms with Crippen molar-refractivity contribution in [3.63, 3.8) is 0 Å². The monoisotopic (exact) mass is 284 g/mol. The lowest BCUT2D eigenvalue weighted by Gasteiger charge is -2.44. The first-order chi connectivity index (χ1) is 9.50. The maximum atomic E-state index is 11.7. The molecule has 1 saturated heterocycles. The van der Waals surface area contributed by atoms with Gasteiger partial charge in [-0.3, -0.25) is 9.69 Å². The van der Waals surface area contributed by atoms with Gasteiger partial charge in [-0.1, -0.05) is 6.92 Å². The molecule has 5 heteroatoms. The first kappa shape index (κ1) is 15.7. The van der Waals surface area contributed by atoms with Gasteiger partial charge in [0, 0.05) is 18.7 Å². The lowest BCUT2D eigenvalue weighted by atomic mass is 9.78. The summed E-state index contributed by atoms with van der Waals surface area (Å²) in [5, 5.41) is 12.9. The minimum absolute atomic E-state index is 0.250. The number of aliphatic carboxylic acids is 1. The molecule has 4 unspecified atom stereocenters. The van der Waals surface area contributed by atoms with Crippen LogP contribution in [0.5, 0.6) is 0 Å². The predicted molar refractivity (Wildman–Crippen MR) is 77.9 cm³/mol. The van der Waals surface area contributed by atoms with E-state index in [1.807, 2.05) is 6.92 Å². The fourth-order valence-corrected chi connectivity index (χ4v) is 3.89. The van der Waals surface area contributed by atoms with Crippen molar-refractivity contribution in [1.29, 1.82) is 0 Å². The van der Waals surface area contributed by atoms with Gasteiger partial charge in [-0.05, 0) is 52.6 Å². The highest BCUT2D eigenvalue weighted by molar-refractivity contribution is 5.79. The van der Waals surface area contributed by atoms with Crippen LogP contribution in [0.2, 0.25) is 0 Å². The van der Waals surface area contributed by atoms with Crippen molar-refractivity contribution in [2.75, 3.05) is 20.2 Å². The number of hydrogen-bond donors (Lipinski definition) is 2. The molecule has 2 rings (SSSR count). The Labute approximate surface area is 121 Å². The Kier molecular flexibility index (Phi) is 5.04. The molecular formula is C15H28N2O3. The molecule has 4 atom stereocenters. The van der Waals surface area contributed by atoms with Crippen molar-refractivity contribution in [2.24, 2.45) is 0 Å². The molecule has 1 heterocycles. The fraction of sp³-hybridized carbons (Fsp3) is 0.933. The molecule has 116 valence electrons. The van der Waals surface area contributed by atoms with Crippen LogP contribution in [0.3, 0.4) is 0 Å². The van der Waals surface area contributed by atoms with Crippen LogP contribution in [0.1, 0.15) is 46.0 Å². The Morgan fingerprint density at radius 3 is 2.80 bits per heavy atom. The molecule has 0 bridgehead atoms. The quantitative estimate of drug-likeness (QED) is 0.800. The van der Waals surface area contributed by atoms with E-state index in [9.17, 15) is 9.90 Å². The lowest BCUT2D eigenvalue weighted by molar-refractivity contribution is -0.147. The maximum absolute atomic E-state index is 11.7. The summed E-state index contributed by atoms with van der Waals surface area (Å²) in [7, 11) is 2.13. The molecule has 0 amide bonds. The third-order valence-electron chi connectivity index (χ3n) is 5.08. The summed E-state index contributed by atoms with van der Waals surface area (Å²) in [5.41, 5.74) is -0.741. The number of nitrogens with zero attached hydrogens (tertiary/aromatic N) is 1. The molecule has 0 aromatic rings. The summed E-state index contributed by atoms with van der Waals surface area (Å²) in [6.07, 6.45) is 4.78. The molecule has 0 radical (unpaired) electrons. The van der Waals surface area contributed by atoms with Gasteiger partial charge in [0.1, 0.15) is 5.54 Å². The minimum atomic E-state index is -0.741. The molecule has 2 fully saturated rings. The highest BCUT2D eigenvalue weighted by atomic mass is 16.5. The second-order valence-corrected chi connectivity index (χ2v) is 6.27. The summed E-state index contributed by atoms with van der Waals surface area (Å²) in [5.74, 6) is -0.701. The van der Waals surface area contributed by atoms with Gasteiger partial charge in [0.25, 0.3) is 0 Å². The van der Waals surface area contributed by atoms with Crippen LogP contribution in [-0.4, -0.2) is 59.9 Å². The second kappa shape index (κ2) is 6.41. The molecular weight excluding hydrogens is 256 g/mol. The zero-order valence-electron chi connectivity index (χ0n) is 12.9. The molecule has 1 aliphatic carbocycles. The van der Waals surface area contributed by atoms with Gasteiger partial charge < -0.3 is 15.2 Å². The smallest absolute Gasteiger partial charge is 0.323 e. The number of hydrogen-bond acceptors (Lipinski definition) is 4. The predicted octanol–water partition coefficient (Wildman–Crippen LogP) is 1.47. The molecule has 0 aromatic heterocycles. The van der Waals surface area contributed by atoms with E-state index in [0.29, 0.717) is 25.0 Å². The number of likely N-dealkylation sites (N-methyl/N-ethyl adjacent to an activating group) is 2. The summed E-state index contributed by atoms with van der Waals surface area (Å²) < 4.78 is 5.65. The minimum Gasteiger partial charge on any atom is -0.480 e. The van der Waals surface area contributed by atoms with Gasteiger partial charge in [-0.2, -0.15) is 0 Å². The van der Waals surface area contributed by atoms with E-state index in [2.05, 4.69) is 24.2 Å². The third-order valence-corrected chi connectivity index (χ3v) is 5.08. The molecule has 2 N–H and O–H groups in total. The fourth-order valence-electron chi connectivity index (χ4n) is 3.89. The van der Waals surface area contributed by atoms with Crippen LogP contribution in [0, 0.1) is 0 Å². The van der Waals surface area contributed by atoms with Crippen molar-refractivity contribution in [3.8, 4) is 0 Å². The van der Waals surface area contributed by atoms with Crippen LogP contribution < -0.4 is 5.32 Å². The van der Waals surface area contributed by atoms with E-state index in [1.54, 1.807) is 0 Å². The number of carboxylic acids is 1. The highest BCUT2D eigenvalue weighted by Crippen LogP contribution is 2.33. The molecule has 5 nitrogen and oxygen atoms in total. The maximum Gasteiger partial charge on any atom is 0.323 e. The van der Waals surface area contributed by atoms with Crippen molar-refractivity contribution >= 4 is 5.97 Å². The second-order valence-electron chi connectivity index (χ2n) is 6.27. The van der Waals surface area contributed by atoms with Crippen LogP contribution in [0.25, 0.3) is 0 Å². The van der Waals surface area contributed by atoms with E-state index < -0.39 is 11.5 Å². The van der Waals surface area contributed by atoms with Crippen LogP contribution in [0.15, 0.2) is 0 Å². The first-order valence-electron chi connectivity index (χ1n) is 7.82. The summed E-state index contributed by atoms with van der Waals surface area (Å²) in [4.78, 5) is 14.1. The number of carboxylic acid groups (broad SMARTS) is 1. The summed E-state index contributed by atoms with van der Waals surface area (Å²) in [6.45, 7) is 5.61. The van der Waals surface area contributed by atoms with Crippen molar-refractivity contribution in [3.05, 3.63) is 0 Å². The molecule has 20 heavy (non-hydrogen) atoms. The highest BCUT2D eigenvalue weighted by Gasteiger charge is 2.44. The van der Waals surface area contributed by atoms with Crippen LogP contribution in [0.4, 0.5) is 0 Å². The number of carbonyl (C=O) groups is 1. The van der Waals surface area contributed by atoms with Crippen molar-refractivity contribution in [2.45, 2.75) is 69.7 Å². The standard InChI is InChI=1S/C15H28N2O3/c1-4-16-15(14(18)19)8-5-6-12(10-15)17(3)13-7-9-20-11(13)2/h11-13,16H,4-10H2,1-3H3,(H,18,19). The zero-order chi connectivity index (χ0) is 14.8. The number of rotatable bonds is 5. The topological polar surface area (TPSA) is 61.8 Å². The lowest BCUT2D eigenvalue weighted by Crippen LogP contribution is -2.59. The molecule has 2 aliphatic rings. The third kappa shape index (κ3) is 3.00. The molecule has 0 spiro atoms. The van der Waals surface area contributed by atoms with E-state index in [4.69, 9.17) is 4.74 Å². The summed E-state index contributed by atoms with van der Waals surface area (Å²) >= 11 is 0. The first-order valence-corrected chi connectivity index (χ1v) is 7.82. The van der Waals surface area contributed by atoms with E-state index in [-0.39, 0.29) is 6.10 Å². The molecule has 1 saturated carbocycles. The largest absolute Gasteiger partial charge is 0.480 e. The van der Waals surface area contributed by atoms with Crippen LogP contribution >= 0.6 is 0 Å². The van der Waals surface area contributed by atoms with E-state index >= 15 is 0 Å². The van der Waals surface area contributed by atoms with E-state index in [0.717, 1.165) is 32.3 Å². The Morgan fingerprint density at radius 2 is 2.25 bits per heavy atom. The number of nitrogens with one attached hydrogen (secondary N) is 1. The molecule has 1 aliphatic heterocycles. The Hall–Kier alpha value is -0.650. The van der Waals surface area contributed by atoms with Gasteiger partial charge in [-0.15, -0.1) is 0 Å². The number of ether oxygens (including phenoxy) is 1. The van der Waals surface area contributed by atoms with Crippen molar-refractivity contribution in [1.82, 2.24) is 10.2 Å². The SMILES string of the molecule is CCNC1(C(=O)O)CCCC(N(C)C2CCOC2C)C1. The average molecular weight is 284 g/mol. The molecule has 0 aromatic carbocycles. The Bertz CT molecular complexity index is 346. The normalized spacial score (nSPS) is 38.3. The Morgan fingerprint density at radius 1 is 1.50 bits per heavy atom. The van der Waals surface area contributed by atoms with Gasteiger partial charge in [0.2, 0.25) is 0 Å². The van der Waals surface area contributed by atoms with Gasteiger partial charge in [-0.25, -0.2) is 0 Å².